The summed E-state index contributed by atoms with van der Waals surface area (Å²) in [4.78, 5) is 14.7. The van der Waals surface area contributed by atoms with Gasteiger partial charge in [-0.25, -0.2) is 18.7 Å². The van der Waals surface area contributed by atoms with E-state index in [1.165, 1.54) is 4.90 Å². The fourth-order valence-electron chi connectivity index (χ4n) is 4.23. The Hall–Kier alpha value is -4.04. The van der Waals surface area contributed by atoms with E-state index in [0.29, 0.717) is 36.0 Å². The van der Waals surface area contributed by atoms with Gasteiger partial charge in [0.15, 0.2) is 5.82 Å². The lowest BCUT2D eigenvalue weighted by Crippen LogP contribution is -2.35. The fourth-order valence-corrected chi connectivity index (χ4v) is 4.23. The first-order valence-corrected chi connectivity index (χ1v) is 12.0. The van der Waals surface area contributed by atoms with Gasteiger partial charge >= 0.3 is 0 Å². The monoisotopic (exact) mass is 508 g/mol. The zero-order valence-electron chi connectivity index (χ0n) is 20.8. The number of alkyl halides is 2. The summed E-state index contributed by atoms with van der Waals surface area (Å²) in [5.41, 5.74) is 8.12. The molecule has 3 N–H and O–H groups in total. The Balaban J connectivity index is 1.49. The lowest BCUT2D eigenvalue weighted by Gasteiger charge is -2.28. The summed E-state index contributed by atoms with van der Waals surface area (Å²) in [6.07, 6.45) is 0.108. The Morgan fingerprint density at radius 1 is 1.19 bits per heavy atom. The normalized spacial score (nSPS) is 16.0. The third-order valence-corrected chi connectivity index (χ3v) is 6.22. The molecule has 0 saturated carbocycles. The van der Waals surface area contributed by atoms with Crippen LogP contribution in [-0.2, 0) is 0 Å². The zero-order chi connectivity index (χ0) is 26.4. The molecule has 0 radical (unpaired) electrons. The largest absolute Gasteiger partial charge is 0.507 e. The van der Waals surface area contributed by atoms with Crippen molar-refractivity contribution in [1.29, 1.82) is 0 Å². The Morgan fingerprint density at radius 3 is 2.78 bits per heavy atom. The maximum Gasteiger partial charge on any atom is 0.251 e. The van der Waals surface area contributed by atoms with Crippen molar-refractivity contribution in [2.45, 2.75) is 25.8 Å². The van der Waals surface area contributed by atoms with Crippen molar-refractivity contribution in [1.82, 2.24) is 25.1 Å². The van der Waals surface area contributed by atoms with Crippen LogP contribution in [0.15, 0.2) is 42.6 Å². The number of para-hydroxylation sites is 1. The average Bonchev–Trinajstić information content (AvgIpc) is 3.06. The van der Waals surface area contributed by atoms with E-state index in [2.05, 4.69) is 48.7 Å². The highest BCUT2D eigenvalue weighted by Gasteiger charge is 2.24. The first-order valence-electron chi connectivity index (χ1n) is 12.0. The van der Waals surface area contributed by atoms with Crippen molar-refractivity contribution in [3.63, 3.8) is 0 Å². The van der Waals surface area contributed by atoms with Crippen LogP contribution in [0.2, 0.25) is 0 Å². The number of hydrogen-bond acceptors (Lipinski definition) is 9. The second-order valence-corrected chi connectivity index (χ2v) is 8.96. The number of halogens is 2. The Kier molecular flexibility index (Phi) is 8.30. The predicted molar refractivity (Wildman–Crippen MR) is 140 cm³/mol. The van der Waals surface area contributed by atoms with Crippen LogP contribution >= 0.6 is 0 Å². The van der Waals surface area contributed by atoms with Gasteiger partial charge in [-0.3, -0.25) is 4.90 Å². The molecule has 0 bridgehead atoms. The Morgan fingerprint density at radius 2 is 2.00 bits per heavy atom. The minimum Gasteiger partial charge on any atom is -0.507 e. The van der Waals surface area contributed by atoms with E-state index in [0.717, 1.165) is 24.5 Å². The van der Waals surface area contributed by atoms with Gasteiger partial charge in [0.05, 0.1) is 24.5 Å². The van der Waals surface area contributed by atoms with Gasteiger partial charge in [0.25, 0.3) is 6.43 Å². The topological polar surface area (TPSA) is 108 Å². The number of hydrogen-bond donors (Lipinski definition) is 2. The third-order valence-electron chi connectivity index (χ3n) is 6.22. The number of nitrogen functional groups attached to an aromatic ring is 1. The van der Waals surface area contributed by atoms with Gasteiger partial charge in [-0.2, -0.15) is 0 Å². The molecule has 9 nitrogen and oxygen atoms in total. The lowest BCUT2D eigenvalue weighted by atomic mass is 10.1. The highest BCUT2D eigenvalue weighted by molar-refractivity contribution is 5.74. The van der Waals surface area contributed by atoms with Gasteiger partial charge in [0.1, 0.15) is 11.6 Å². The number of rotatable bonds is 6. The van der Waals surface area contributed by atoms with E-state index in [1.807, 2.05) is 18.2 Å². The third kappa shape index (κ3) is 6.59. The zero-order valence-corrected chi connectivity index (χ0v) is 20.8. The maximum atomic E-state index is 12.5. The second-order valence-electron chi connectivity index (χ2n) is 8.96. The number of anilines is 3. The molecule has 37 heavy (non-hydrogen) atoms. The van der Waals surface area contributed by atoms with Gasteiger partial charge in [0.2, 0.25) is 5.82 Å². The van der Waals surface area contributed by atoms with Gasteiger partial charge in [-0.15, -0.1) is 10.2 Å². The van der Waals surface area contributed by atoms with E-state index in [4.69, 9.17) is 5.73 Å². The van der Waals surface area contributed by atoms with Crippen molar-refractivity contribution < 1.29 is 13.9 Å². The van der Waals surface area contributed by atoms with Gasteiger partial charge in [0, 0.05) is 37.4 Å². The molecule has 4 rings (SSSR count). The predicted octanol–water partition coefficient (Wildman–Crippen LogP) is 2.88. The number of aromatic nitrogens is 4. The summed E-state index contributed by atoms with van der Waals surface area (Å²) in [5, 5.41) is 18.6. The van der Waals surface area contributed by atoms with Crippen LogP contribution in [-0.4, -0.2) is 82.4 Å². The molecule has 1 aliphatic heterocycles. The minimum atomic E-state index is -2.40. The van der Waals surface area contributed by atoms with Crippen LogP contribution in [0.5, 0.6) is 5.75 Å². The molecule has 0 spiro atoms. The summed E-state index contributed by atoms with van der Waals surface area (Å²) in [5.74, 6) is 7.31. The quantitative estimate of drug-likeness (QED) is 0.486. The summed E-state index contributed by atoms with van der Waals surface area (Å²) < 4.78 is 25.0. The second kappa shape index (κ2) is 11.8. The van der Waals surface area contributed by atoms with Crippen molar-refractivity contribution in [2.75, 3.05) is 55.3 Å². The number of nitrogens with zero attached hydrogens (tertiary/aromatic N) is 7. The average molecular weight is 509 g/mol. The summed E-state index contributed by atoms with van der Waals surface area (Å²) >= 11 is 0. The highest BCUT2D eigenvalue weighted by atomic mass is 19.3. The Labute approximate surface area is 215 Å². The first kappa shape index (κ1) is 26.0. The molecule has 1 saturated heterocycles. The summed E-state index contributed by atoms with van der Waals surface area (Å²) in [7, 11) is 1.60. The molecule has 194 valence electrons. The number of phenolic OH excluding ortho intramolecular Hbond substituents is 1. The van der Waals surface area contributed by atoms with Crippen LogP contribution in [0.4, 0.5) is 26.1 Å². The van der Waals surface area contributed by atoms with Gasteiger partial charge in [-0.05, 0) is 50.6 Å². The van der Waals surface area contributed by atoms with Crippen LogP contribution in [0.25, 0.3) is 11.3 Å². The molecule has 1 unspecified atom stereocenters. The van der Waals surface area contributed by atoms with Crippen molar-refractivity contribution >= 4 is 17.3 Å². The molecule has 1 fully saturated rings. The molecule has 1 aromatic carbocycles. The van der Waals surface area contributed by atoms with E-state index < -0.39 is 6.43 Å². The van der Waals surface area contributed by atoms with Gasteiger partial charge in [-0.1, -0.05) is 18.1 Å². The standard InChI is InChI=1S/C26H30F2N8O/c1-18-10-13-35(21-16-20(32-33-26(21)29)19-6-3-4-7-22(19)37)14-15-36(18)25-9-11-30-24(31-25)8-5-12-34(2)17-23(27)28/h3-4,6-7,9,11,16,18,23,37H,10,12-15,17H2,1-2H3,(H2,29,33). The molecule has 3 heterocycles. The molecule has 1 aliphatic rings. The van der Waals surface area contributed by atoms with E-state index in [1.54, 1.807) is 31.4 Å². The summed E-state index contributed by atoms with van der Waals surface area (Å²) in [6.45, 7) is 4.11. The number of nitrogens with two attached hydrogens (primary N) is 1. The van der Waals surface area contributed by atoms with Gasteiger partial charge < -0.3 is 20.6 Å². The molecule has 0 amide bonds. The van der Waals surface area contributed by atoms with Crippen molar-refractivity contribution in [3.8, 4) is 28.8 Å². The van der Waals surface area contributed by atoms with Crippen LogP contribution in [0.1, 0.15) is 19.2 Å². The Bertz CT molecular complexity index is 1280. The lowest BCUT2D eigenvalue weighted by molar-refractivity contribution is 0.106. The van der Waals surface area contributed by atoms with Crippen molar-refractivity contribution in [3.05, 3.63) is 48.4 Å². The number of phenols is 1. The molecule has 3 aromatic rings. The van der Waals surface area contributed by atoms with Crippen LogP contribution in [0.3, 0.4) is 0 Å². The molecule has 2 aromatic heterocycles. The van der Waals surface area contributed by atoms with E-state index >= 15 is 0 Å². The smallest absolute Gasteiger partial charge is 0.251 e. The minimum absolute atomic E-state index is 0.131. The van der Waals surface area contributed by atoms with E-state index in [9.17, 15) is 13.9 Å². The molecular weight excluding hydrogens is 478 g/mol. The highest BCUT2D eigenvalue weighted by Crippen LogP contribution is 2.32. The van der Waals surface area contributed by atoms with Crippen LogP contribution < -0.4 is 15.5 Å². The molecule has 11 heteroatoms. The molecule has 0 aliphatic carbocycles. The number of benzene rings is 1. The summed E-state index contributed by atoms with van der Waals surface area (Å²) in [6, 6.07) is 10.9. The van der Waals surface area contributed by atoms with Crippen LogP contribution in [0, 0.1) is 11.8 Å². The molecular formula is C26H30F2N8O. The van der Waals surface area contributed by atoms with E-state index in [-0.39, 0.29) is 24.9 Å². The fraction of sp³-hybridized carbons (Fsp3) is 0.385. The number of aromatic hydroxyl groups is 1. The van der Waals surface area contributed by atoms with Crippen molar-refractivity contribution in [2.24, 2.45) is 0 Å². The molecule has 1 atom stereocenters. The maximum absolute atomic E-state index is 12.5. The first-order chi connectivity index (χ1) is 17.8. The SMILES string of the molecule is CC1CCN(c2cc(-c3ccccc3O)nnc2N)CCN1c1ccnc(C#CCN(C)CC(F)F)n1.